The zero-order valence-electron chi connectivity index (χ0n) is 7.93. The Bertz CT molecular complexity index is 451. The zero-order chi connectivity index (χ0) is 10.7. The van der Waals surface area contributed by atoms with E-state index < -0.39 is 0 Å². The minimum atomic E-state index is -0.203. The van der Waals surface area contributed by atoms with Crippen molar-refractivity contribution in [3.8, 4) is 0 Å². The summed E-state index contributed by atoms with van der Waals surface area (Å²) in [6, 6.07) is 0. The third-order valence-electron chi connectivity index (χ3n) is 1.57. The molecule has 0 aliphatic carbocycles. The lowest BCUT2D eigenvalue weighted by Gasteiger charge is -1.96. The van der Waals surface area contributed by atoms with Crippen molar-refractivity contribution in [3.05, 3.63) is 23.3 Å². The van der Waals surface area contributed by atoms with Gasteiger partial charge in [-0.25, -0.2) is 4.98 Å². The lowest BCUT2D eigenvalue weighted by molar-refractivity contribution is -0.115. The lowest BCUT2D eigenvalue weighted by atomic mass is 10.4. The molecule has 0 saturated heterocycles. The monoisotopic (exact) mass is 224 g/mol. The summed E-state index contributed by atoms with van der Waals surface area (Å²) in [6.45, 7) is 1.68. The first-order valence-corrected chi connectivity index (χ1v) is 5.10. The normalized spacial score (nSPS) is 10.2. The molecular weight excluding hydrogens is 216 g/mol. The van der Waals surface area contributed by atoms with Gasteiger partial charge in [0.2, 0.25) is 11.8 Å². The first kappa shape index (κ1) is 9.78. The molecule has 1 amide bonds. The maximum absolute atomic E-state index is 11.4. The molecule has 0 unspecified atom stereocenters. The Hall–Kier alpha value is -1.76. The first-order chi connectivity index (χ1) is 7.24. The number of hydrogen-bond donors (Lipinski definition) is 1. The van der Waals surface area contributed by atoms with Crippen LogP contribution in [0, 0.1) is 6.92 Å². The Kier molecular flexibility index (Phi) is 2.72. The van der Waals surface area contributed by atoms with E-state index in [9.17, 15) is 4.79 Å². The van der Waals surface area contributed by atoms with E-state index in [1.807, 2.05) is 0 Å². The summed E-state index contributed by atoms with van der Waals surface area (Å²) in [6.07, 6.45) is 1.72. The molecule has 0 aliphatic rings. The average Bonchev–Trinajstić information content (AvgIpc) is 2.77. The molecule has 0 saturated carbocycles. The summed E-state index contributed by atoms with van der Waals surface area (Å²) in [7, 11) is 0. The molecular formula is C8H8N4O2S. The highest BCUT2D eigenvalue weighted by Gasteiger charge is 2.09. The van der Waals surface area contributed by atoms with Gasteiger partial charge in [0.25, 0.3) is 0 Å². The fraction of sp³-hybridized carbons (Fsp3) is 0.250. The molecule has 0 aliphatic heterocycles. The van der Waals surface area contributed by atoms with Crippen LogP contribution in [0.25, 0.3) is 0 Å². The molecule has 0 fully saturated rings. The van der Waals surface area contributed by atoms with Crippen LogP contribution in [-0.4, -0.2) is 21.0 Å². The molecule has 0 spiro atoms. The van der Waals surface area contributed by atoms with E-state index in [1.165, 1.54) is 11.3 Å². The molecule has 7 heteroatoms. The highest BCUT2D eigenvalue weighted by Crippen LogP contribution is 2.10. The zero-order valence-corrected chi connectivity index (χ0v) is 8.74. The molecule has 1 N–H and O–H groups in total. The number of hydrogen-bond acceptors (Lipinski definition) is 6. The van der Waals surface area contributed by atoms with Crippen molar-refractivity contribution in [1.29, 1.82) is 0 Å². The third-order valence-corrected chi connectivity index (χ3v) is 2.26. The van der Waals surface area contributed by atoms with Crippen molar-refractivity contribution >= 4 is 22.4 Å². The van der Waals surface area contributed by atoms with Crippen LogP contribution in [0.3, 0.4) is 0 Å². The molecule has 78 valence electrons. The number of anilines is 1. The summed E-state index contributed by atoms with van der Waals surface area (Å²) in [5.41, 5.74) is 0. The van der Waals surface area contributed by atoms with Crippen molar-refractivity contribution in [2.75, 3.05) is 5.32 Å². The summed E-state index contributed by atoms with van der Waals surface area (Å²) in [5, 5.41) is 8.60. The van der Waals surface area contributed by atoms with Crippen LogP contribution in [-0.2, 0) is 11.2 Å². The number of thiazole rings is 1. The number of carbonyl (C=O) groups is 1. The largest absolute Gasteiger partial charge is 0.340 e. The van der Waals surface area contributed by atoms with Crippen LogP contribution in [0.5, 0.6) is 0 Å². The maximum atomic E-state index is 11.4. The van der Waals surface area contributed by atoms with Gasteiger partial charge in [-0.1, -0.05) is 5.16 Å². The van der Waals surface area contributed by atoms with Crippen LogP contribution in [0.2, 0.25) is 0 Å². The van der Waals surface area contributed by atoms with E-state index >= 15 is 0 Å². The van der Waals surface area contributed by atoms with Crippen LogP contribution >= 0.6 is 11.3 Å². The Balaban J connectivity index is 1.93. The summed E-state index contributed by atoms with van der Waals surface area (Å²) >= 11 is 1.36. The molecule has 0 bridgehead atoms. The average molecular weight is 224 g/mol. The van der Waals surface area contributed by atoms with Crippen molar-refractivity contribution in [2.24, 2.45) is 0 Å². The Morgan fingerprint density at radius 1 is 1.67 bits per heavy atom. The predicted octanol–water partition coefficient (Wildman–Crippen LogP) is 1.02. The van der Waals surface area contributed by atoms with Gasteiger partial charge in [0, 0.05) is 18.5 Å². The molecule has 6 nitrogen and oxygen atoms in total. The van der Waals surface area contributed by atoms with Crippen molar-refractivity contribution in [3.63, 3.8) is 0 Å². The smallest absolute Gasteiger partial charge is 0.233 e. The third kappa shape index (κ3) is 2.59. The van der Waals surface area contributed by atoms with Crippen molar-refractivity contribution < 1.29 is 9.32 Å². The molecule has 0 aromatic carbocycles. The summed E-state index contributed by atoms with van der Waals surface area (Å²) < 4.78 is 4.75. The van der Waals surface area contributed by atoms with Gasteiger partial charge in [0.15, 0.2) is 11.0 Å². The highest BCUT2D eigenvalue weighted by molar-refractivity contribution is 7.13. The van der Waals surface area contributed by atoms with Gasteiger partial charge in [0.1, 0.15) is 0 Å². The van der Waals surface area contributed by atoms with Gasteiger partial charge >= 0.3 is 0 Å². The number of nitrogens with one attached hydrogen (secondary N) is 1. The molecule has 15 heavy (non-hydrogen) atoms. The van der Waals surface area contributed by atoms with Gasteiger partial charge in [0.05, 0.1) is 6.42 Å². The number of aryl methyl sites for hydroxylation is 1. The Morgan fingerprint density at radius 3 is 3.13 bits per heavy atom. The molecule has 2 heterocycles. The first-order valence-electron chi connectivity index (χ1n) is 4.22. The van der Waals surface area contributed by atoms with Crippen LogP contribution < -0.4 is 5.32 Å². The predicted molar refractivity (Wildman–Crippen MR) is 53.5 cm³/mol. The number of carbonyl (C=O) groups excluding carboxylic acids is 1. The van der Waals surface area contributed by atoms with Crippen LogP contribution in [0.15, 0.2) is 16.1 Å². The van der Waals surface area contributed by atoms with E-state index in [2.05, 4.69) is 20.4 Å². The van der Waals surface area contributed by atoms with Gasteiger partial charge in [-0.15, -0.1) is 11.3 Å². The number of aromatic nitrogens is 3. The standard InChI is InChI=1S/C8H8N4O2S/c1-5-10-6(12-14-5)4-7(13)11-8-9-2-3-15-8/h2-3H,4H2,1H3,(H,9,11,13). The topological polar surface area (TPSA) is 80.9 Å². The molecule has 0 atom stereocenters. The van der Waals surface area contributed by atoms with Gasteiger partial charge in [-0.3, -0.25) is 4.79 Å². The number of nitrogens with zero attached hydrogens (tertiary/aromatic N) is 3. The summed E-state index contributed by atoms with van der Waals surface area (Å²) in [4.78, 5) is 19.3. The number of amides is 1. The van der Waals surface area contributed by atoms with Gasteiger partial charge in [-0.2, -0.15) is 4.98 Å². The SMILES string of the molecule is Cc1nc(CC(=O)Nc2nccs2)no1. The summed E-state index contributed by atoms with van der Waals surface area (Å²) in [5.74, 6) is 0.624. The lowest BCUT2D eigenvalue weighted by Crippen LogP contribution is -2.14. The van der Waals surface area contributed by atoms with E-state index in [0.29, 0.717) is 16.8 Å². The van der Waals surface area contributed by atoms with Crippen molar-refractivity contribution in [1.82, 2.24) is 15.1 Å². The second-order valence-electron chi connectivity index (χ2n) is 2.79. The Labute approximate surface area is 89.3 Å². The quantitative estimate of drug-likeness (QED) is 0.841. The molecule has 0 radical (unpaired) electrons. The number of rotatable bonds is 3. The van der Waals surface area contributed by atoms with E-state index in [0.717, 1.165) is 0 Å². The molecule has 2 aromatic heterocycles. The minimum Gasteiger partial charge on any atom is -0.340 e. The van der Waals surface area contributed by atoms with Gasteiger partial charge < -0.3 is 9.84 Å². The van der Waals surface area contributed by atoms with Crippen molar-refractivity contribution in [2.45, 2.75) is 13.3 Å². The maximum Gasteiger partial charge on any atom is 0.233 e. The molecule has 2 aromatic rings. The van der Waals surface area contributed by atoms with E-state index in [4.69, 9.17) is 4.52 Å². The highest BCUT2D eigenvalue weighted by atomic mass is 32.1. The van der Waals surface area contributed by atoms with E-state index in [1.54, 1.807) is 18.5 Å². The Morgan fingerprint density at radius 2 is 2.53 bits per heavy atom. The minimum absolute atomic E-state index is 0.0942. The fourth-order valence-corrected chi connectivity index (χ4v) is 1.55. The molecule has 2 rings (SSSR count). The van der Waals surface area contributed by atoms with Crippen LogP contribution in [0.1, 0.15) is 11.7 Å². The fourth-order valence-electron chi connectivity index (χ4n) is 1.01. The van der Waals surface area contributed by atoms with E-state index in [-0.39, 0.29) is 12.3 Å². The second-order valence-corrected chi connectivity index (χ2v) is 3.69. The second kappa shape index (κ2) is 4.18. The van der Waals surface area contributed by atoms with Crippen LogP contribution in [0.4, 0.5) is 5.13 Å². The van der Waals surface area contributed by atoms with Gasteiger partial charge in [-0.05, 0) is 0 Å².